The highest BCUT2D eigenvalue weighted by Gasteiger charge is 2.09. The van der Waals surface area contributed by atoms with Gasteiger partial charge in [0.2, 0.25) is 0 Å². The summed E-state index contributed by atoms with van der Waals surface area (Å²) in [5.74, 6) is 0.974. The van der Waals surface area contributed by atoms with Crippen molar-refractivity contribution in [2.45, 2.75) is 23.1 Å². The molecule has 20 heavy (non-hydrogen) atoms. The van der Waals surface area contributed by atoms with Gasteiger partial charge in [0.15, 0.2) is 4.34 Å². The fourth-order valence-electron chi connectivity index (χ4n) is 1.93. The molecule has 2 heterocycles. The smallest absolute Gasteiger partial charge is 0.151 e. The molecule has 3 aromatic rings. The van der Waals surface area contributed by atoms with Gasteiger partial charge in [0.1, 0.15) is 5.76 Å². The molecule has 1 N–H and O–H groups in total. The second-order valence-corrected chi connectivity index (χ2v) is 7.30. The number of benzene rings is 1. The number of para-hydroxylation sites is 1. The van der Waals surface area contributed by atoms with Gasteiger partial charge in [-0.3, -0.25) is 0 Å². The van der Waals surface area contributed by atoms with Gasteiger partial charge >= 0.3 is 0 Å². The molecule has 0 spiro atoms. The van der Waals surface area contributed by atoms with E-state index in [9.17, 15) is 0 Å². The highest BCUT2D eigenvalue weighted by atomic mass is 32.2. The van der Waals surface area contributed by atoms with Gasteiger partial charge in [0, 0.05) is 11.8 Å². The van der Waals surface area contributed by atoms with E-state index in [1.165, 1.54) is 4.70 Å². The molecule has 0 aliphatic heterocycles. The predicted molar refractivity (Wildman–Crippen MR) is 85.4 cm³/mol. The van der Waals surface area contributed by atoms with Crippen molar-refractivity contribution in [3.63, 3.8) is 0 Å². The number of rotatable bonds is 6. The van der Waals surface area contributed by atoms with Crippen LogP contribution in [0.25, 0.3) is 10.2 Å². The van der Waals surface area contributed by atoms with Crippen LogP contribution in [0.15, 0.2) is 51.4 Å². The highest BCUT2D eigenvalue weighted by Crippen LogP contribution is 2.31. The minimum absolute atomic E-state index is 0.477. The third kappa shape index (κ3) is 3.42. The summed E-state index contributed by atoms with van der Waals surface area (Å²) in [6.45, 7) is 3.92. The molecule has 5 heteroatoms. The van der Waals surface area contributed by atoms with E-state index < -0.39 is 0 Å². The zero-order valence-electron chi connectivity index (χ0n) is 11.2. The lowest BCUT2D eigenvalue weighted by atomic mass is 10.3. The van der Waals surface area contributed by atoms with Gasteiger partial charge in [-0.2, -0.15) is 0 Å². The molecule has 3 rings (SSSR count). The molecule has 0 aliphatic carbocycles. The Morgan fingerprint density at radius 1 is 1.30 bits per heavy atom. The molecule has 0 fully saturated rings. The van der Waals surface area contributed by atoms with Crippen LogP contribution in [0.2, 0.25) is 0 Å². The Morgan fingerprint density at radius 2 is 2.20 bits per heavy atom. The van der Waals surface area contributed by atoms with E-state index >= 15 is 0 Å². The standard InChI is InChI=1S/C15H16N2OS2/c1-11(9-16-10-12-5-4-8-18-12)19-15-17-13-6-2-3-7-14(13)20-15/h2-8,11,16H,9-10H2,1H3. The first-order valence-electron chi connectivity index (χ1n) is 6.56. The average molecular weight is 304 g/mol. The third-order valence-electron chi connectivity index (χ3n) is 2.89. The summed E-state index contributed by atoms with van der Waals surface area (Å²) in [4.78, 5) is 4.65. The third-order valence-corrected chi connectivity index (χ3v) is 5.12. The Kier molecular flexibility index (Phi) is 4.40. The maximum absolute atomic E-state index is 5.29. The van der Waals surface area contributed by atoms with Crippen LogP contribution in [0.5, 0.6) is 0 Å². The largest absolute Gasteiger partial charge is 0.468 e. The van der Waals surface area contributed by atoms with Gasteiger partial charge in [-0.15, -0.1) is 11.3 Å². The predicted octanol–water partition coefficient (Wildman–Crippen LogP) is 4.16. The number of fused-ring (bicyclic) bond motifs is 1. The highest BCUT2D eigenvalue weighted by molar-refractivity contribution is 8.01. The lowest BCUT2D eigenvalue weighted by Crippen LogP contribution is -2.21. The second-order valence-electron chi connectivity index (χ2n) is 4.59. The summed E-state index contributed by atoms with van der Waals surface area (Å²) in [6.07, 6.45) is 1.70. The summed E-state index contributed by atoms with van der Waals surface area (Å²) < 4.78 is 7.69. The number of thioether (sulfide) groups is 1. The van der Waals surface area contributed by atoms with E-state index in [2.05, 4.69) is 35.4 Å². The number of hydrogen-bond acceptors (Lipinski definition) is 5. The number of aromatic nitrogens is 1. The molecule has 3 nitrogen and oxygen atoms in total. The first-order chi connectivity index (χ1) is 9.81. The van der Waals surface area contributed by atoms with Gasteiger partial charge in [0.05, 0.1) is 23.0 Å². The van der Waals surface area contributed by atoms with Crippen LogP contribution in [0.4, 0.5) is 0 Å². The molecule has 0 amide bonds. The average Bonchev–Trinajstić information content (AvgIpc) is 3.06. The molecule has 104 valence electrons. The van der Waals surface area contributed by atoms with E-state index in [1.807, 2.05) is 30.0 Å². The number of furan rings is 1. The number of thiazole rings is 1. The van der Waals surface area contributed by atoms with E-state index in [1.54, 1.807) is 17.6 Å². The number of nitrogens with zero attached hydrogens (tertiary/aromatic N) is 1. The summed E-state index contributed by atoms with van der Waals surface area (Å²) in [7, 11) is 0. The lowest BCUT2D eigenvalue weighted by Gasteiger charge is -2.09. The molecule has 1 aromatic carbocycles. The van der Waals surface area contributed by atoms with Crippen LogP contribution in [0.1, 0.15) is 12.7 Å². The Bertz CT molecular complexity index is 630. The first-order valence-corrected chi connectivity index (χ1v) is 8.26. The molecule has 1 unspecified atom stereocenters. The Balaban J connectivity index is 1.51. The summed E-state index contributed by atoms with van der Waals surface area (Å²) in [6, 6.07) is 12.2. The van der Waals surface area contributed by atoms with Crippen molar-refractivity contribution in [1.29, 1.82) is 0 Å². The molecule has 0 saturated carbocycles. The molecule has 0 aliphatic rings. The maximum atomic E-state index is 5.29. The van der Waals surface area contributed by atoms with Gasteiger partial charge < -0.3 is 9.73 Å². The van der Waals surface area contributed by atoms with Crippen molar-refractivity contribution in [2.24, 2.45) is 0 Å². The molecule has 0 bridgehead atoms. The van der Waals surface area contributed by atoms with E-state index in [0.29, 0.717) is 5.25 Å². The van der Waals surface area contributed by atoms with Crippen LogP contribution < -0.4 is 5.32 Å². The lowest BCUT2D eigenvalue weighted by molar-refractivity contribution is 0.484. The van der Waals surface area contributed by atoms with E-state index in [4.69, 9.17) is 4.42 Å². The van der Waals surface area contributed by atoms with Gasteiger partial charge in [0.25, 0.3) is 0 Å². The van der Waals surface area contributed by atoms with Crippen LogP contribution in [0, 0.1) is 0 Å². The topological polar surface area (TPSA) is 38.1 Å². The number of nitrogens with one attached hydrogen (secondary N) is 1. The van der Waals surface area contributed by atoms with Crippen LogP contribution in [-0.4, -0.2) is 16.8 Å². The first kappa shape index (κ1) is 13.7. The van der Waals surface area contributed by atoms with Crippen molar-refractivity contribution in [3.05, 3.63) is 48.4 Å². The second kappa shape index (κ2) is 6.43. The van der Waals surface area contributed by atoms with Gasteiger partial charge in [-0.05, 0) is 24.3 Å². The van der Waals surface area contributed by atoms with Gasteiger partial charge in [-0.1, -0.05) is 30.8 Å². The molecule has 2 aromatic heterocycles. The van der Waals surface area contributed by atoms with E-state index in [-0.39, 0.29) is 0 Å². The van der Waals surface area contributed by atoms with Gasteiger partial charge in [-0.25, -0.2) is 4.98 Å². The summed E-state index contributed by atoms with van der Waals surface area (Å²) in [5, 5.41) is 3.88. The molecule has 0 radical (unpaired) electrons. The van der Waals surface area contributed by atoms with E-state index in [0.717, 1.165) is 28.7 Å². The fourth-order valence-corrected chi connectivity index (χ4v) is 4.28. The fraction of sp³-hybridized carbons (Fsp3) is 0.267. The minimum atomic E-state index is 0.477. The maximum Gasteiger partial charge on any atom is 0.151 e. The Hall–Kier alpha value is -1.30. The Morgan fingerprint density at radius 3 is 3.00 bits per heavy atom. The van der Waals surface area contributed by atoms with Crippen molar-refractivity contribution >= 4 is 33.3 Å². The Labute approximate surface area is 126 Å². The molecular formula is C15H16N2OS2. The van der Waals surface area contributed by atoms with Crippen LogP contribution in [0.3, 0.4) is 0 Å². The monoisotopic (exact) mass is 304 g/mol. The zero-order chi connectivity index (χ0) is 13.8. The van der Waals surface area contributed by atoms with Crippen molar-refractivity contribution in [3.8, 4) is 0 Å². The molecule has 1 atom stereocenters. The van der Waals surface area contributed by atoms with Crippen molar-refractivity contribution in [2.75, 3.05) is 6.54 Å². The minimum Gasteiger partial charge on any atom is -0.468 e. The normalized spacial score (nSPS) is 12.8. The number of hydrogen-bond donors (Lipinski definition) is 1. The molecule has 0 saturated heterocycles. The van der Waals surface area contributed by atoms with Crippen molar-refractivity contribution < 1.29 is 4.42 Å². The van der Waals surface area contributed by atoms with Crippen LogP contribution in [-0.2, 0) is 6.54 Å². The van der Waals surface area contributed by atoms with Crippen molar-refractivity contribution in [1.82, 2.24) is 10.3 Å². The molecular weight excluding hydrogens is 288 g/mol. The van der Waals surface area contributed by atoms with Crippen LogP contribution >= 0.6 is 23.1 Å². The zero-order valence-corrected chi connectivity index (χ0v) is 12.8. The quantitative estimate of drug-likeness (QED) is 0.694. The summed E-state index contributed by atoms with van der Waals surface area (Å²) in [5.41, 5.74) is 1.09. The SMILES string of the molecule is CC(CNCc1ccco1)Sc1nc2ccccc2s1. The summed E-state index contributed by atoms with van der Waals surface area (Å²) >= 11 is 3.58.